The van der Waals surface area contributed by atoms with E-state index in [0.29, 0.717) is 5.16 Å². The topological polar surface area (TPSA) is 101 Å². The van der Waals surface area contributed by atoms with Gasteiger partial charge in [0.05, 0.1) is 20.7 Å². The Labute approximate surface area is 150 Å². The lowest BCUT2D eigenvalue weighted by Crippen LogP contribution is -2.39. The van der Waals surface area contributed by atoms with Gasteiger partial charge in [-0.3, -0.25) is 10.1 Å². The first-order valence-corrected chi connectivity index (χ1v) is 9.63. The summed E-state index contributed by atoms with van der Waals surface area (Å²) in [5.41, 5.74) is 6.77. The highest BCUT2D eigenvalue weighted by molar-refractivity contribution is 8.00. The van der Waals surface area contributed by atoms with E-state index >= 15 is 0 Å². The Morgan fingerprint density at radius 1 is 1.25 bits per heavy atom. The van der Waals surface area contributed by atoms with Crippen LogP contribution in [0.1, 0.15) is 6.92 Å². The van der Waals surface area contributed by atoms with Crippen LogP contribution in [0.2, 0.25) is 0 Å². The number of imide groups is 1. The lowest BCUT2D eigenvalue weighted by Gasteiger charge is -2.07. The Morgan fingerprint density at radius 2 is 1.92 bits per heavy atom. The maximum Gasteiger partial charge on any atom is 0.318 e. The van der Waals surface area contributed by atoms with Crippen molar-refractivity contribution in [2.45, 2.75) is 17.3 Å². The molecule has 0 saturated carbocycles. The minimum atomic E-state index is -0.856. The Bertz CT molecular complexity index is 789. The second-order valence-electron chi connectivity index (χ2n) is 4.83. The maximum absolute atomic E-state index is 11.8. The zero-order valence-corrected chi connectivity index (χ0v) is 15.1. The third kappa shape index (κ3) is 3.69. The van der Waals surface area contributed by atoms with E-state index in [1.807, 2.05) is 35.0 Å². The van der Waals surface area contributed by atoms with Crippen LogP contribution in [0.5, 0.6) is 0 Å². The number of nitrogens with zero attached hydrogens (tertiary/aromatic N) is 1. The van der Waals surface area contributed by atoms with Crippen molar-refractivity contribution in [1.82, 2.24) is 15.3 Å². The van der Waals surface area contributed by atoms with E-state index in [2.05, 4.69) is 15.3 Å². The molecular weight excluding hydrogens is 364 g/mol. The molecule has 6 nitrogen and oxygen atoms in total. The summed E-state index contributed by atoms with van der Waals surface area (Å²) in [6, 6.07) is 7.13. The first-order chi connectivity index (χ1) is 11.5. The molecule has 0 aliphatic carbocycles. The number of thiophene rings is 2. The van der Waals surface area contributed by atoms with Crippen LogP contribution in [-0.4, -0.2) is 27.2 Å². The minimum absolute atomic E-state index is 0.445. The van der Waals surface area contributed by atoms with Gasteiger partial charge in [-0.15, -0.1) is 22.7 Å². The van der Waals surface area contributed by atoms with Crippen molar-refractivity contribution in [1.29, 1.82) is 0 Å². The molecule has 4 N–H and O–H groups in total. The van der Waals surface area contributed by atoms with Gasteiger partial charge in [0.2, 0.25) is 5.91 Å². The van der Waals surface area contributed by atoms with Crippen molar-refractivity contribution in [3.63, 3.8) is 0 Å². The highest BCUT2D eigenvalue weighted by atomic mass is 32.2. The van der Waals surface area contributed by atoms with Gasteiger partial charge >= 0.3 is 6.03 Å². The quantitative estimate of drug-likeness (QED) is 0.591. The summed E-state index contributed by atoms with van der Waals surface area (Å²) in [5.74, 6) is -0.445. The smallest absolute Gasteiger partial charge is 0.318 e. The van der Waals surface area contributed by atoms with Crippen LogP contribution in [0.3, 0.4) is 0 Å². The Balaban J connectivity index is 1.89. The molecule has 3 amide bonds. The molecule has 0 aromatic carbocycles. The van der Waals surface area contributed by atoms with Gasteiger partial charge in [-0.25, -0.2) is 9.78 Å². The number of H-pyrrole nitrogens is 1. The number of aromatic nitrogens is 2. The number of primary amides is 1. The third-order valence-corrected chi connectivity index (χ3v) is 5.86. The molecule has 124 valence electrons. The summed E-state index contributed by atoms with van der Waals surface area (Å²) >= 11 is 4.47. The van der Waals surface area contributed by atoms with Gasteiger partial charge in [0.25, 0.3) is 0 Å². The summed E-state index contributed by atoms with van der Waals surface area (Å²) < 4.78 is 0. The summed E-state index contributed by atoms with van der Waals surface area (Å²) in [6.07, 6.45) is 0. The first-order valence-electron chi connectivity index (χ1n) is 6.99. The Morgan fingerprint density at radius 3 is 2.50 bits per heavy atom. The third-order valence-electron chi connectivity index (χ3n) is 3.11. The van der Waals surface area contributed by atoms with Crippen molar-refractivity contribution < 1.29 is 9.59 Å². The molecule has 0 spiro atoms. The fraction of sp³-hybridized carbons (Fsp3) is 0.133. The van der Waals surface area contributed by atoms with Gasteiger partial charge in [-0.05, 0) is 29.8 Å². The number of rotatable bonds is 5. The van der Waals surface area contributed by atoms with Crippen LogP contribution in [0, 0.1) is 0 Å². The molecule has 3 heterocycles. The highest BCUT2D eigenvalue weighted by Crippen LogP contribution is 2.37. The SMILES string of the molecule is CC(Sc1nc(-c2cccs2)c(-c2cccs2)[nH]1)C(=O)NC(N)=O. The van der Waals surface area contributed by atoms with Crippen LogP contribution in [0.25, 0.3) is 21.1 Å². The van der Waals surface area contributed by atoms with Crippen molar-refractivity contribution in [3.05, 3.63) is 35.0 Å². The van der Waals surface area contributed by atoms with Crippen molar-refractivity contribution in [2.75, 3.05) is 0 Å². The molecule has 0 saturated heterocycles. The lowest BCUT2D eigenvalue weighted by molar-refractivity contribution is -0.119. The van der Waals surface area contributed by atoms with Crippen LogP contribution in [0.15, 0.2) is 40.2 Å². The predicted octanol–water partition coefficient (Wildman–Crippen LogP) is 3.54. The molecule has 3 aromatic heterocycles. The number of amides is 3. The van der Waals surface area contributed by atoms with Crippen LogP contribution in [-0.2, 0) is 4.79 Å². The van der Waals surface area contributed by atoms with E-state index in [1.54, 1.807) is 29.6 Å². The first kappa shape index (κ1) is 16.7. The van der Waals surface area contributed by atoms with Gasteiger partial charge in [0.1, 0.15) is 5.69 Å². The van der Waals surface area contributed by atoms with Crippen molar-refractivity contribution in [3.8, 4) is 21.1 Å². The number of urea groups is 1. The van der Waals surface area contributed by atoms with Gasteiger partial charge in [0.15, 0.2) is 5.16 Å². The molecular formula is C15H14N4O2S3. The lowest BCUT2D eigenvalue weighted by atomic mass is 10.2. The molecule has 1 unspecified atom stereocenters. The number of thioether (sulfide) groups is 1. The number of hydrogen-bond acceptors (Lipinski definition) is 6. The van der Waals surface area contributed by atoms with Crippen molar-refractivity contribution >= 4 is 46.4 Å². The molecule has 3 aromatic rings. The van der Waals surface area contributed by atoms with E-state index in [9.17, 15) is 9.59 Å². The van der Waals surface area contributed by atoms with Gasteiger partial charge in [0, 0.05) is 0 Å². The standard InChI is InChI=1S/C15H14N4O2S3/c1-8(13(20)19-14(16)21)24-15-17-11(9-4-2-6-22-9)12(18-15)10-5-3-7-23-10/h2-8H,1H3,(H,17,18)(H3,16,19,20,21). The van der Waals surface area contributed by atoms with E-state index in [-0.39, 0.29) is 0 Å². The molecule has 0 fully saturated rings. The number of hydrogen-bond donors (Lipinski definition) is 3. The maximum atomic E-state index is 11.8. The van der Waals surface area contributed by atoms with Crippen LogP contribution in [0.4, 0.5) is 4.79 Å². The van der Waals surface area contributed by atoms with Crippen molar-refractivity contribution in [2.24, 2.45) is 5.73 Å². The zero-order chi connectivity index (χ0) is 17.1. The molecule has 0 bridgehead atoms. The van der Waals surface area contributed by atoms with E-state index < -0.39 is 17.2 Å². The number of nitrogens with one attached hydrogen (secondary N) is 2. The Kier molecular flexibility index (Phi) is 5.03. The summed E-state index contributed by atoms with van der Waals surface area (Å²) in [6.45, 7) is 1.70. The van der Waals surface area contributed by atoms with E-state index in [1.165, 1.54) is 11.8 Å². The van der Waals surface area contributed by atoms with E-state index in [0.717, 1.165) is 21.1 Å². The van der Waals surface area contributed by atoms with Crippen LogP contribution >= 0.6 is 34.4 Å². The second-order valence-corrected chi connectivity index (χ2v) is 8.06. The predicted molar refractivity (Wildman–Crippen MR) is 98.3 cm³/mol. The number of nitrogens with two attached hydrogens (primary N) is 1. The zero-order valence-electron chi connectivity index (χ0n) is 12.6. The molecule has 1 atom stereocenters. The second kappa shape index (κ2) is 7.20. The molecule has 0 aliphatic heterocycles. The average Bonchev–Trinajstić information content (AvgIpc) is 3.27. The Hall–Kier alpha value is -2.10. The molecule has 24 heavy (non-hydrogen) atoms. The molecule has 9 heteroatoms. The van der Waals surface area contributed by atoms with E-state index in [4.69, 9.17) is 5.73 Å². The van der Waals surface area contributed by atoms with Crippen LogP contribution < -0.4 is 11.1 Å². The summed E-state index contributed by atoms with van der Waals surface area (Å²) in [7, 11) is 0. The fourth-order valence-electron chi connectivity index (χ4n) is 2.04. The van der Waals surface area contributed by atoms with Gasteiger partial charge in [-0.2, -0.15) is 0 Å². The largest absolute Gasteiger partial charge is 0.351 e. The molecule has 3 rings (SSSR count). The monoisotopic (exact) mass is 378 g/mol. The fourth-order valence-corrected chi connectivity index (χ4v) is 4.29. The molecule has 0 aliphatic rings. The normalized spacial score (nSPS) is 12.0. The number of imidazole rings is 1. The average molecular weight is 379 g/mol. The minimum Gasteiger partial charge on any atom is -0.351 e. The molecule has 0 radical (unpaired) electrons. The highest BCUT2D eigenvalue weighted by Gasteiger charge is 2.21. The van der Waals surface area contributed by atoms with Gasteiger partial charge in [-0.1, -0.05) is 23.9 Å². The number of carbonyl (C=O) groups is 2. The summed E-state index contributed by atoms with van der Waals surface area (Å²) in [4.78, 5) is 32.7. The van der Waals surface area contributed by atoms with Gasteiger partial charge < -0.3 is 10.7 Å². The number of aromatic amines is 1. The summed E-state index contributed by atoms with van der Waals surface area (Å²) in [5, 5.41) is 6.20. The number of carbonyl (C=O) groups excluding carboxylic acids is 2.